The number of guanidine groups is 1. The van der Waals surface area contributed by atoms with Crippen LogP contribution in [0.4, 0.5) is 0 Å². The second-order valence-electron chi connectivity index (χ2n) is 6.96. The number of halogens is 1. The van der Waals surface area contributed by atoms with E-state index in [4.69, 9.17) is 4.74 Å². The van der Waals surface area contributed by atoms with E-state index in [-0.39, 0.29) is 28.9 Å². The summed E-state index contributed by atoms with van der Waals surface area (Å²) in [7, 11) is -2.03. The van der Waals surface area contributed by atoms with Crippen molar-refractivity contribution >= 4 is 40.0 Å². The molecule has 0 unspecified atom stereocenters. The zero-order chi connectivity index (χ0) is 20.2. The third-order valence-corrected chi connectivity index (χ3v) is 6.17. The molecule has 0 heterocycles. The normalized spacial score (nSPS) is 15.6. The monoisotopic (exact) mass is 538 g/mol. The van der Waals surface area contributed by atoms with E-state index in [0.29, 0.717) is 12.6 Å². The van der Waals surface area contributed by atoms with Gasteiger partial charge in [0.25, 0.3) is 0 Å². The van der Waals surface area contributed by atoms with Gasteiger partial charge < -0.3 is 15.4 Å². The molecule has 0 radical (unpaired) electrons. The van der Waals surface area contributed by atoms with E-state index in [2.05, 4.69) is 20.3 Å². The van der Waals surface area contributed by atoms with Gasteiger partial charge in [-0.3, -0.25) is 0 Å². The minimum absolute atomic E-state index is 0. The molecule has 1 aromatic rings. The average Bonchev–Trinajstić information content (AvgIpc) is 2.72. The van der Waals surface area contributed by atoms with Gasteiger partial charge in [0.2, 0.25) is 10.0 Å². The maximum Gasteiger partial charge on any atom is 0.240 e. The largest absolute Gasteiger partial charge is 0.378 e. The topological polar surface area (TPSA) is 91.8 Å². The summed E-state index contributed by atoms with van der Waals surface area (Å²) in [6, 6.07) is 6.84. The molecule has 1 fully saturated rings. The van der Waals surface area contributed by atoms with Crippen LogP contribution in [0.15, 0.2) is 34.2 Å². The summed E-state index contributed by atoms with van der Waals surface area (Å²) in [5.41, 5.74) is 0.842. The number of nitrogens with zero attached hydrogens (tertiary/aromatic N) is 1. The lowest BCUT2D eigenvalue weighted by Gasteiger charge is -2.22. The van der Waals surface area contributed by atoms with Crippen LogP contribution in [0.1, 0.15) is 51.0 Å². The van der Waals surface area contributed by atoms with Crippen molar-refractivity contribution in [2.45, 2.75) is 63.0 Å². The van der Waals surface area contributed by atoms with Gasteiger partial charge in [-0.2, -0.15) is 0 Å². The van der Waals surface area contributed by atoms with Crippen LogP contribution in [0.2, 0.25) is 0 Å². The Hall–Kier alpha value is -0.910. The van der Waals surface area contributed by atoms with E-state index < -0.39 is 10.0 Å². The molecule has 0 atom stereocenters. The van der Waals surface area contributed by atoms with E-state index in [1.807, 2.05) is 13.0 Å². The molecule has 29 heavy (non-hydrogen) atoms. The van der Waals surface area contributed by atoms with Gasteiger partial charge in [-0.15, -0.1) is 24.0 Å². The Balaban J connectivity index is 0.00000420. The Morgan fingerprint density at radius 1 is 1.21 bits per heavy atom. The second kappa shape index (κ2) is 14.2. The molecule has 9 heteroatoms. The van der Waals surface area contributed by atoms with Crippen LogP contribution in [0.25, 0.3) is 0 Å². The predicted molar refractivity (Wildman–Crippen MR) is 128 cm³/mol. The summed E-state index contributed by atoms with van der Waals surface area (Å²) < 4.78 is 32.1. The molecule has 2 rings (SSSR count). The van der Waals surface area contributed by atoms with Gasteiger partial charge in [-0.25, -0.2) is 18.1 Å². The van der Waals surface area contributed by atoms with Crippen LogP contribution in [0.3, 0.4) is 0 Å². The molecule has 166 valence electrons. The number of hydrogen-bond donors (Lipinski definition) is 3. The predicted octanol–water partition coefficient (Wildman–Crippen LogP) is 3.01. The minimum Gasteiger partial charge on any atom is -0.378 e. The second-order valence-corrected chi connectivity index (χ2v) is 8.85. The van der Waals surface area contributed by atoms with Gasteiger partial charge in [0.05, 0.1) is 17.5 Å². The van der Waals surface area contributed by atoms with Gasteiger partial charge in [0.15, 0.2) is 5.96 Å². The summed E-state index contributed by atoms with van der Waals surface area (Å²) in [6.45, 7) is 4.73. The van der Waals surface area contributed by atoms with Crippen LogP contribution >= 0.6 is 24.0 Å². The molecule has 1 aliphatic rings. The zero-order valence-corrected chi connectivity index (χ0v) is 20.6. The maximum atomic E-state index is 11.9. The first-order chi connectivity index (χ1) is 13.5. The fraction of sp³-hybridized carbons (Fsp3) is 0.650. The van der Waals surface area contributed by atoms with Crippen molar-refractivity contribution < 1.29 is 13.2 Å². The summed E-state index contributed by atoms with van der Waals surface area (Å²) in [5, 5.41) is 6.53. The minimum atomic E-state index is -3.44. The molecule has 0 spiro atoms. The molecule has 1 aliphatic carbocycles. The van der Waals surface area contributed by atoms with E-state index in [0.717, 1.165) is 37.6 Å². The van der Waals surface area contributed by atoms with E-state index in [1.165, 1.54) is 39.2 Å². The van der Waals surface area contributed by atoms with Gasteiger partial charge in [-0.05, 0) is 50.9 Å². The summed E-state index contributed by atoms with van der Waals surface area (Å²) >= 11 is 0. The SMILES string of the molecule is CCNC(=NCc1cccc(S(=O)(=O)NC)c1)NCCCOC1CCCCC1.I. The number of rotatable bonds is 10. The van der Waals surface area contributed by atoms with Crippen molar-refractivity contribution in [3.8, 4) is 0 Å². The molecule has 0 aliphatic heterocycles. The first-order valence-corrected chi connectivity index (χ1v) is 11.7. The fourth-order valence-corrected chi connectivity index (χ4v) is 4.00. The average molecular weight is 538 g/mol. The lowest BCUT2D eigenvalue weighted by atomic mass is 9.98. The molecule has 1 saturated carbocycles. The lowest BCUT2D eigenvalue weighted by Crippen LogP contribution is -2.38. The van der Waals surface area contributed by atoms with Crippen molar-refractivity contribution in [3.63, 3.8) is 0 Å². The fourth-order valence-electron chi connectivity index (χ4n) is 3.20. The molecular weight excluding hydrogens is 503 g/mol. The number of aliphatic imine (C=N–C) groups is 1. The van der Waals surface area contributed by atoms with Gasteiger partial charge in [0, 0.05) is 19.7 Å². The standard InChI is InChI=1S/C20H34N4O3S.HI/c1-3-22-20(23-13-8-14-27-18-10-5-4-6-11-18)24-16-17-9-7-12-19(15-17)28(25,26)21-2;/h7,9,12,15,18,21H,3-6,8,10-11,13-14,16H2,1-2H3,(H2,22,23,24);1H. The Bertz CT molecular complexity index is 722. The third kappa shape index (κ3) is 9.63. The summed E-state index contributed by atoms with van der Waals surface area (Å²) in [4.78, 5) is 4.81. The highest BCUT2D eigenvalue weighted by Crippen LogP contribution is 2.20. The van der Waals surface area contributed by atoms with Crippen molar-refractivity contribution in [2.75, 3.05) is 26.7 Å². The number of nitrogens with one attached hydrogen (secondary N) is 3. The number of sulfonamides is 1. The van der Waals surface area contributed by atoms with Crippen molar-refractivity contribution in [1.29, 1.82) is 0 Å². The highest BCUT2D eigenvalue weighted by atomic mass is 127. The molecule has 0 bridgehead atoms. The van der Waals surface area contributed by atoms with Crippen molar-refractivity contribution in [3.05, 3.63) is 29.8 Å². The van der Waals surface area contributed by atoms with E-state index in [9.17, 15) is 8.42 Å². The van der Waals surface area contributed by atoms with E-state index in [1.54, 1.807) is 18.2 Å². The lowest BCUT2D eigenvalue weighted by molar-refractivity contribution is 0.0277. The molecule has 1 aromatic carbocycles. The van der Waals surface area contributed by atoms with Gasteiger partial charge >= 0.3 is 0 Å². The van der Waals surface area contributed by atoms with Crippen molar-refractivity contribution in [2.24, 2.45) is 4.99 Å². The van der Waals surface area contributed by atoms with Crippen LogP contribution in [-0.4, -0.2) is 47.2 Å². The quantitative estimate of drug-likeness (QED) is 0.185. The summed E-state index contributed by atoms with van der Waals surface area (Å²) in [5.74, 6) is 0.724. The molecule has 0 saturated heterocycles. The van der Waals surface area contributed by atoms with E-state index >= 15 is 0 Å². The van der Waals surface area contributed by atoms with Crippen LogP contribution < -0.4 is 15.4 Å². The molecule has 0 aromatic heterocycles. The molecule has 3 N–H and O–H groups in total. The maximum absolute atomic E-state index is 11.9. The Morgan fingerprint density at radius 2 is 1.97 bits per heavy atom. The van der Waals surface area contributed by atoms with Crippen molar-refractivity contribution in [1.82, 2.24) is 15.4 Å². The third-order valence-electron chi connectivity index (χ3n) is 4.76. The first-order valence-electron chi connectivity index (χ1n) is 10.2. The highest BCUT2D eigenvalue weighted by Gasteiger charge is 2.13. The van der Waals surface area contributed by atoms with Gasteiger partial charge in [0.1, 0.15) is 0 Å². The highest BCUT2D eigenvalue weighted by molar-refractivity contribution is 14.0. The molecule has 0 amide bonds. The van der Waals surface area contributed by atoms with Gasteiger partial charge in [-0.1, -0.05) is 31.4 Å². The summed E-state index contributed by atoms with van der Waals surface area (Å²) in [6.07, 6.45) is 7.68. The van der Waals surface area contributed by atoms with Crippen LogP contribution in [0.5, 0.6) is 0 Å². The first kappa shape index (κ1) is 26.1. The van der Waals surface area contributed by atoms with Crippen LogP contribution in [-0.2, 0) is 21.3 Å². The smallest absolute Gasteiger partial charge is 0.240 e. The zero-order valence-electron chi connectivity index (χ0n) is 17.4. The molecule has 7 nitrogen and oxygen atoms in total. The number of benzene rings is 1. The number of hydrogen-bond acceptors (Lipinski definition) is 4. The Kier molecular flexibility index (Phi) is 12.8. The van der Waals surface area contributed by atoms with Crippen LogP contribution in [0, 0.1) is 0 Å². The number of ether oxygens (including phenoxy) is 1. The Labute approximate surface area is 192 Å². The molecular formula is C20H35IN4O3S. The Morgan fingerprint density at radius 3 is 2.66 bits per heavy atom.